The molecule has 1 saturated heterocycles. The van der Waals surface area contributed by atoms with Crippen LogP contribution < -0.4 is 10.2 Å². The van der Waals surface area contributed by atoms with Crippen molar-refractivity contribution < 1.29 is 9.18 Å². The SMILES string of the molecule is CN(C)c1nccc(CNC2CC(=O)N(C)C2c2ccc(F)cc2)n1. The van der Waals surface area contributed by atoms with Crippen molar-refractivity contribution in [2.45, 2.75) is 25.0 Å². The number of rotatable bonds is 5. The minimum atomic E-state index is -0.280. The number of carbonyl (C=O) groups excluding carboxylic acids is 1. The number of anilines is 1. The molecule has 1 aliphatic heterocycles. The fourth-order valence-corrected chi connectivity index (χ4v) is 3.10. The monoisotopic (exact) mass is 343 g/mol. The minimum Gasteiger partial charge on any atom is -0.347 e. The van der Waals surface area contributed by atoms with Crippen molar-refractivity contribution in [2.75, 3.05) is 26.0 Å². The number of benzene rings is 1. The lowest BCUT2D eigenvalue weighted by molar-refractivity contribution is -0.127. The Bertz CT molecular complexity index is 749. The van der Waals surface area contributed by atoms with Crippen LogP contribution in [0.3, 0.4) is 0 Å². The highest BCUT2D eigenvalue weighted by atomic mass is 19.1. The van der Waals surface area contributed by atoms with E-state index in [4.69, 9.17) is 0 Å². The molecule has 0 spiro atoms. The zero-order valence-electron chi connectivity index (χ0n) is 14.6. The molecule has 0 aliphatic carbocycles. The van der Waals surface area contributed by atoms with E-state index in [-0.39, 0.29) is 23.8 Å². The maximum absolute atomic E-state index is 13.2. The molecule has 1 amide bonds. The largest absolute Gasteiger partial charge is 0.347 e. The normalized spacial score (nSPS) is 20.2. The maximum atomic E-state index is 13.2. The quantitative estimate of drug-likeness (QED) is 0.896. The van der Waals surface area contributed by atoms with E-state index in [1.165, 1.54) is 12.1 Å². The van der Waals surface area contributed by atoms with Gasteiger partial charge < -0.3 is 15.1 Å². The van der Waals surface area contributed by atoms with E-state index in [0.717, 1.165) is 11.3 Å². The summed E-state index contributed by atoms with van der Waals surface area (Å²) in [5.41, 5.74) is 1.78. The maximum Gasteiger partial charge on any atom is 0.225 e. The minimum absolute atomic E-state index is 0.0549. The topological polar surface area (TPSA) is 61.4 Å². The van der Waals surface area contributed by atoms with Gasteiger partial charge >= 0.3 is 0 Å². The highest BCUT2D eigenvalue weighted by Gasteiger charge is 2.38. The third-order valence-electron chi connectivity index (χ3n) is 4.44. The third kappa shape index (κ3) is 3.76. The molecule has 6 nitrogen and oxygen atoms in total. The van der Waals surface area contributed by atoms with Crippen LogP contribution in [0.2, 0.25) is 0 Å². The van der Waals surface area contributed by atoms with E-state index >= 15 is 0 Å². The second-order valence-electron chi connectivity index (χ2n) is 6.43. The van der Waals surface area contributed by atoms with E-state index in [0.29, 0.717) is 18.9 Å². The van der Waals surface area contributed by atoms with Crippen molar-refractivity contribution in [3.8, 4) is 0 Å². The summed E-state index contributed by atoms with van der Waals surface area (Å²) in [5, 5.41) is 3.42. The van der Waals surface area contributed by atoms with Crippen LogP contribution in [0.5, 0.6) is 0 Å². The summed E-state index contributed by atoms with van der Waals surface area (Å²) in [5.74, 6) is 0.440. The molecule has 1 aromatic carbocycles. The zero-order chi connectivity index (χ0) is 18.0. The molecule has 3 rings (SSSR count). The van der Waals surface area contributed by atoms with Crippen LogP contribution in [0, 0.1) is 5.82 Å². The van der Waals surface area contributed by atoms with Gasteiger partial charge in [0.25, 0.3) is 0 Å². The molecule has 2 aromatic rings. The van der Waals surface area contributed by atoms with Crippen LogP contribution in [0.4, 0.5) is 10.3 Å². The van der Waals surface area contributed by atoms with Gasteiger partial charge in [0.05, 0.1) is 11.7 Å². The van der Waals surface area contributed by atoms with E-state index in [2.05, 4.69) is 15.3 Å². The number of likely N-dealkylation sites (tertiary alicyclic amines) is 1. The Labute approximate surface area is 146 Å². The molecule has 1 aliphatic rings. The number of amides is 1. The van der Waals surface area contributed by atoms with Crippen molar-refractivity contribution in [3.63, 3.8) is 0 Å². The van der Waals surface area contributed by atoms with Crippen LogP contribution in [0.1, 0.15) is 23.7 Å². The molecule has 0 radical (unpaired) electrons. The molecule has 2 atom stereocenters. The van der Waals surface area contributed by atoms with Gasteiger partial charge in [-0.25, -0.2) is 14.4 Å². The Balaban J connectivity index is 1.75. The molecule has 0 bridgehead atoms. The smallest absolute Gasteiger partial charge is 0.225 e. The number of hydrogen-bond acceptors (Lipinski definition) is 5. The summed E-state index contributed by atoms with van der Waals surface area (Å²) in [4.78, 5) is 24.4. The Morgan fingerprint density at radius 3 is 2.68 bits per heavy atom. The number of nitrogens with zero attached hydrogens (tertiary/aromatic N) is 4. The lowest BCUT2D eigenvalue weighted by Gasteiger charge is -2.26. The van der Waals surface area contributed by atoms with Crippen LogP contribution in [0.25, 0.3) is 0 Å². The lowest BCUT2D eigenvalue weighted by atomic mass is 10.00. The Kier molecular flexibility index (Phi) is 4.94. The molecule has 132 valence electrons. The summed E-state index contributed by atoms with van der Waals surface area (Å²) >= 11 is 0. The first kappa shape index (κ1) is 17.3. The van der Waals surface area contributed by atoms with Crippen molar-refractivity contribution in [1.29, 1.82) is 0 Å². The molecule has 1 aromatic heterocycles. The van der Waals surface area contributed by atoms with Crippen LogP contribution in [-0.4, -0.2) is 48.0 Å². The van der Waals surface area contributed by atoms with Gasteiger partial charge in [-0.3, -0.25) is 4.79 Å². The molecule has 1 N–H and O–H groups in total. The van der Waals surface area contributed by atoms with Gasteiger partial charge in [0, 0.05) is 46.3 Å². The molecule has 0 saturated carbocycles. The Morgan fingerprint density at radius 1 is 1.28 bits per heavy atom. The van der Waals surface area contributed by atoms with Crippen molar-refractivity contribution >= 4 is 11.9 Å². The van der Waals surface area contributed by atoms with E-state index in [9.17, 15) is 9.18 Å². The van der Waals surface area contributed by atoms with E-state index in [1.54, 1.807) is 30.3 Å². The average Bonchev–Trinajstić information content (AvgIpc) is 2.88. The van der Waals surface area contributed by atoms with Gasteiger partial charge in [0.2, 0.25) is 11.9 Å². The first-order chi connectivity index (χ1) is 12.0. The van der Waals surface area contributed by atoms with Gasteiger partial charge in [0.1, 0.15) is 5.82 Å². The molecule has 1 fully saturated rings. The number of likely N-dealkylation sites (N-methyl/N-ethyl adjacent to an activating group) is 1. The first-order valence-electron chi connectivity index (χ1n) is 8.19. The van der Waals surface area contributed by atoms with Crippen molar-refractivity contribution in [1.82, 2.24) is 20.2 Å². The fourth-order valence-electron chi connectivity index (χ4n) is 3.10. The van der Waals surface area contributed by atoms with E-state index in [1.807, 2.05) is 25.1 Å². The summed E-state index contributed by atoms with van der Waals surface area (Å²) in [6.45, 7) is 0.535. The van der Waals surface area contributed by atoms with E-state index < -0.39 is 0 Å². The number of halogens is 1. The molecule has 2 heterocycles. The second-order valence-corrected chi connectivity index (χ2v) is 6.43. The van der Waals surface area contributed by atoms with Crippen LogP contribution >= 0.6 is 0 Å². The lowest BCUT2D eigenvalue weighted by Crippen LogP contribution is -2.35. The van der Waals surface area contributed by atoms with Crippen molar-refractivity contribution in [3.05, 3.63) is 53.6 Å². The number of aromatic nitrogens is 2. The van der Waals surface area contributed by atoms with Gasteiger partial charge in [-0.1, -0.05) is 12.1 Å². The number of nitrogens with one attached hydrogen (secondary N) is 1. The summed E-state index contributed by atoms with van der Waals surface area (Å²) < 4.78 is 13.2. The van der Waals surface area contributed by atoms with Crippen molar-refractivity contribution in [2.24, 2.45) is 0 Å². The standard InChI is InChI=1S/C18H22FN5O/c1-23(2)18-20-9-8-14(22-18)11-21-15-10-16(25)24(3)17(15)12-4-6-13(19)7-5-12/h4-9,15,17,21H,10-11H2,1-3H3. The molecule has 2 unspecified atom stereocenters. The first-order valence-corrected chi connectivity index (χ1v) is 8.19. The Hall–Kier alpha value is -2.54. The molecular formula is C18H22FN5O. The predicted octanol–water partition coefficient (Wildman–Crippen LogP) is 1.74. The van der Waals surface area contributed by atoms with Gasteiger partial charge in [-0.15, -0.1) is 0 Å². The zero-order valence-corrected chi connectivity index (χ0v) is 14.6. The third-order valence-corrected chi connectivity index (χ3v) is 4.44. The fraction of sp³-hybridized carbons (Fsp3) is 0.389. The van der Waals surface area contributed by atoms with Crippen LogP contribution in [-0.2, 0) is 11.3 Å². The molecule has 25 heavy (non-hydrogen) atoms. The predicted molar refractivity (Wildman–Crippen MR) is 93.5 cm³/mol. The number of carbonyl (C=O) groups is 1. The average molecular weight is 343 g/mol. The summed E-state index contributed by atoms with van der Waals surface area (Å²) in [6, 6.07) is 8.00. The van der Waals surface area contributed by atoms with Gasteiger partial charge in [-0.05, 0) is 23.8 Å². The number of hydrogen-bond donors (Lipinski definition) is 1. The van der Waals surface area contributed by atoms with Gasteiger partial charge in [-0.2, -0.15) is 0 Å². The van der Waals surface area contributed by atoms with Gasteiger partial charge in [0.15, 0.2) is 0 Å². The highest BCUT2D eigenvalue weighted by molar-refractivity contribution is 5.80. The molecular weight excluding hydrogens is 321 g/mol. The summed E-state index contributed by atoms with van der Waals surface area (Å²) in [7, 11) is 5.57. The van der Waals surface area contributed by atoms with Crippen LogP contribution in [0.15, 0.2) is 36.5 Å². The second kappa shape index (κ2) is 7.14. The summed E-state index contributed by atoms with van der Waals surface area (Å²) in [6.07, 6.45) is 2.13. The highest BCUT2D eigenvalue weighted by Crippen LogP contribution is 2.32. The molecule has 7 heteroatoms. The Morgan fingerprint density at radius 2 is 2.00 bits per heavy atom.